The van der Waals surface area contributed by atoms with Gasteiger partial charge in [0.25, 0.3) is 0 Å². The molecule has 1 unspecified atom stereocenters. The lowest BCUT2D eigenvalue weighted by atomic mass is 9.92. The molecule has 10 heteroatoms. The van der Waals surface area contributed by atoms with Gasteiger partial charge in [0.05, 0.1) is 0 Å². The Kier molecular flexibility index (Phi) is 5.13. The van der Waals surface area contributed by atoms with Gasteiger partial charge in [-0.25, -0.2) is 19.0 Å². The van der Waals surface area contributed by atoms with Crippen molar-refractivity contribution in [2.45, 2.75) is 25.8 Å². The summed E-state index contributed by atoms with van der Waals surface area (Å²) in [6.07, 6.45) is 3.77. The molecule has 3 heterocycles. The smallest absolute Gasteiger partial charge is 0.321 e. The third-order valence-electron chi connectivity index (χ3n) is 6.02. The zero-order valence-corrected chi connectivity index (χ0v) is 18.1. The van der Waals surface area contributed by atoms with Crippen LogP contribution in [0.15, 0.2) is 30.6 Å². The van der Waals surface area contributed by atoms with Crippen LogP contribution in [-0.4, -0.2) is 43.9 Å². The number of benzene rings is 1. The number of piperidine rings is 1. The Balaban J connectivity index is 1.28. The molecule has 3 atom stereocenters. The van der Waals surface area contributed by atoms with Crippen molar-refractivity contribution in [3.8, 4) is 11.8 Å². The number of rotatable bonds is 5. The van der Waals surface area contributed by atoms with Gasteiger partial charge < -0.3 is 15.0 Å². The second-order valence-corrected chi connectivity index (χ2v) is 8.67. The van der Waals surface area contributed by atoms with E-state index in [4.69, 9.17) is 16.3 Å². The average Bonchev–Trinajstić information content (AvgIpc) is 3.15. The number of fused-ring (bicyclic) bond motifs is 2. The first kappa shape index (κ1) is 20.0. The molecule has 1 saturated heterocycles. The lowest BCUT2D eigenvalue weighted by molar-refractivity contribution is 0.374. The first-order valence-corrected chi connectivity index (χ1v) is 10.7. The normalized spacial score (nSPS) is 22.6. The highest BCUT2D eigenvalue weighted by Gasteiger charge is 2.43. The van der Waals surface area contributed by atoms with Gasteiger partial charge in [0.1, 0.15) is 28.9 Å². The number of halogens is 2. The van der Waals surface area contributed by atoms with Crippen molar-refractivity contribution < 1.29 is 9.13 Å². The summed E-state index contributed by atoms with van der Waals surface area (Å²) in [4.78, 5) is 15.1. The maximum absolute atomic E-state index is 13.7. The summed E-state index contributed by atoms with van der Waals surface area (Å²) in [5, 5.41) is 8.42. The van der Waals surface area contributed by atoms with Crippen LogP contribution >= 0.6 is 11.6 Å². The molecule has 0 amide bonds. The Hall–Kier alpha value is -2.94. The van der Waals surface area contributed by atoms with Gasteiger partial charge in [-0.1, -0.05) is 11.6 Å². The van der Waals surface area contributed by atoms with Gasteiger partial charge in [0, 0.05) is 38.3 Å². The van der Waals surface area contributed by atoms with Gasteiger partial charge in [-0.05, 0) is 49.3 Å². The monoisotopic (exact) mass is 443 g/mol. The van der Waals surface area contributed by atoms with Gasteiger partial charge in [0.2, 0.25) is 5.95 Å². The van der Waals surface area contributed by atoms with Crippen LogP contribution in [-0.2, 0) is 7.05 Å². The third-order valence-corrected chi connectivity index (χ3v) is 6.23. The van der Waals surface area contributed by atoms with Crippen LogP contribution in [0.5, 0.6) is 11.8 Å². The molecule has 1 N–H and O–H groups in total. The minimum absolute atomic E-state index is 0.278. The Morgan fingerprint density at radius 3 is 2.61 bits per heavy atom. The standard InChI is InChI=1S/C21H23ClFN7O/c1-12-5-15(23)7-16(6-12)31-21-27-20(28-29(21)2)26-19-13-3-4-14(19)10-30(9-13)18-8-17(22)24-11-25-18/h5-8,11,13-14,19H,3-4,9-10H2,1-2H3,(H,26,28)/t13-,14+,19?. The van der Waals surface area contributed by atoms with Crippen LogP contribution in [0, 0.1) is 24.6 Å². The highest BCUT2D eigenvalue weighted by molar-refractivity contribution is 6.29. The summed E-state index contributed by atoms with van der Waals surface area (Å²) < 4.78 is 21.0. The number of aryl methyl sites for hydroxylation is 2. The van der Waals surface area contributed by atoms with E-state index < -0.39 is 0 Å². The van der Waals surface area contributed by atoms with Crippen LogP contribution in [0.1, 0.15) is 18.4 Å². The molecular formula is C21H23ClFN7O. The molecule has 2 bridgehead atoms. The van der Waals surface area contributed by atoms with E-state index in [0.29, 0.717) is 34.7 Å². The van der Waals surface area contributed by atoms with Gasteiger partial charge in [-0.15, -0.1) is 5.10 Å². The molecule has 31 heavy (non-hydrogen) atoms. The van der Waals surface area contributed by atoms with E-state index in [1.165, 1.54) is 18.5 Å². The topological polar surface area (TPSA) is 81.0 Å². The molecule has 0 spiro atoms. The molecule has 3 aromatic rings. The van der Waals surface area contributed by atoms with Crippen molar-refractivity contribution in [2.24, 2.45) is 18.9 Å². The summed E-state index contributed by atoms with van der Waals surface area (Å²) in [7, 11) is 1.76. The van der Waals surface area contributed by atoms with Gasteiger partial charge >= 0.3 is 6.01 Å². The van der Waals surface area contributed by atoms with Gasteiger partial charge in [0.15, 0.2) is 0 Å². The average molecular weight is 444 g/mol. The molecular weight excluding hydrogens is 421 g/mol. The zero-order valence-electron chi connectivity index (χ0n) is 17.3. The number of hydrogen-bond donors (Lipinski definition) is 1. The van der Waals surface area contributed by atoms with Gasteiger partial charge in [-0.2, -0.15) is 4.98 Å². The zero-order chi connectivity index (χ0) is 21.5. The van der Waals surface area contributed by atoms with Crippen LogP contribution in [0.4, 0.5) is 16.2 Å². The number of nitrogens with zero attached hydrogens (tertiary/aromatic N) is 6. The van der Waals surface area contributed by atoms with E-state index in [-0.39, 0.29) is 11.9 Å². The lowest BCUT2D eigenvalue weighted by Gasteiger charge is -2.38. The van der Waals surface area contributed by atoms with Crippen LogP contribution in [0.2, 0.25) is 5.15 Å². The minimum Gasteiger partial charge on any atom is -0.424 e. The van der Waals surface area contributed by atoms with Crippen LogP contribution in [0.25, 0.3) is 0 Å². The number of ether oxygens (including phenoxy) is 1. The molecule has 1 aliphatic carbocycles. The van der Waals surface area contributed by atoms with E-state index in [1.54, 1.807) is 17.8 Å². The quantitative estimate of drug-likeness (QED) is 0.600. The first-order chi connectivity index (χ1) is 14.9. The molecule has 1 aliphatic heterocycles. The molecule has 2 aromatic heterocycles. The van der Waals surface area contributed by atoms with Crippen molar-refractivity contribution in [3.63, 3.8) is 0 Å². The van der Waals surface area contributed by atoms with E-state index in [0.717, 1.165) is 37.3 Å². The van der Waals surface area contributed by atoms with Crippen molar-refractivity contribution >= 4 is 23.4 Å². The highest BCUT2D eigenvalue weighted by atomic mass is 35.5. The Labute approximate surface area is 184 Å². The summed E-state index contributed by atoms with van der Waals surface area (Å²) in [6.45, 7) is 3.59. The van der Waals surface area contributed by atoms with E-state index in [2.05, 4.69) is 30.3 Å². The molecule has 1 saturated carbocycles. The van der Waals surface area contributed by atoms with Crippen molar-refractivity contribution in [1.29, 1.82) is 0 Å². The molecule has 162 valence electrons. The number of anilines is 2. The predicted octanol–water partition coefficient (Wildman–Crippen LogP) is 3.83. The Morgan fingerprint density at radius 1 is 1.13 bits per heavy atom. The number of nitrogens with one attached hydrogen (secondary N) is 1. The van der Waals surface area contributed by atoms with Gasteiger partial charge in [-0.3, -0.25) is 0 Å². The summed E-state index contributed by atoms with van der Waals surface area (Å²) in [5.74, 6) is 2.34. The number of aromatic nitrogens is 5. The first-order valence-electron chi connectivity index (χ1n) is 10.3. The van der Waals surface area contributed by atoms with Crippen LogP contribution in [0.3, 0.4) is 0 Å². The predicted molar refractivity (Wildman–Crippen MR) is 115 cm³/mol. The summed E-state index contributed by atoms with van der Waals surface area (Å²) >= 11 is 6.04. The second kappa shape index (κ2) is 7.96. The molecule has 0 radical (unpaired) electrons. The fourth-order valence-electron chi connectivity index (χ4n) is 4.68. The van der Waals surface area contributed by atoms with Crippen molar-refractivity contribution in [1.82, 2.24) is 24.7 Å². The van der Waals surface area contributed by atoms with E-state index in [9.17, 15) is 4.39 Å². The highest BCUT2D eigenvalue weighted by Crippen LogP contribution is 2.40. The Bertz CT molecular complexity index is 1070. The third kappa shape index (κ3) is 4.14. The van der Waals surface area contributed by atoms with E-state index >= 15 is 0 Å². The Morgan fingerprint density at radius 2 is 1.90 bits per heavy atom. The fourth-order valence-corrected chi connectivity index (χ4v) is 4.82. The maximum Gasteiger partial charge on any atom is 0.321 e. The molecule has 2 fully saturated rings. The summed E-state index contributed by atoms with van der Waals surface area (Å²) in [6, 6.07) is 6.96. The van der Waals surface area contributed by atoms with Crippen molar-refractivity contribution in [2.75, 3.05) is 23.3 Å². The fraction of sp³-hybridized carbons (Fsp3) is 0.429. The molecule has 8 nitrogen and oxygen atoms in total. The molecule has 1 aromatic carbocycles. The summed E-state index contributed by atoms with van der Waals surface area (Å²) in [5.41, 5.74) is 0.781. The minimum atomic E-state index is -0.344. The number of hydrogen-bond acceptors (Lipinski definition) is 7. The van der Waals surface area contributed by atoms with E-state index in [1.807, 2.05) is 13.0 Å². The molecule has 5 rings (SSSR count). The second-order valence-electron chi connectivity index (χ2n) is 8.28. The van der Waals surface area contributed by atoms with Crippen LogP contribution < -0.4 is 15.0 Å². The largest absolute Gasteiger partial charge is 0.424 e. The molecule has 2 aliphatic rings. The SMILES string of the molecule is Cc1cc(F)cc(Oc2nc(NC3[C@@H]4CC[C@H]3CN(c3cc(Cl)ncn3)C4)nn2C)c1. The lowest BCUT2D eigenvalue weighted by Crippen LogP contribution is -2.48. The maximum atomic E-state index is 13.7. The van der Waals surface area contributed by atoms with Crippen molar-refractivity contribution in [3.05, 3.63) is 47.1 Å².